The van der Waals surface area contributed by atoms with Gasteiger partial charge in [-0.05, 0) is 6.92 Å². The van der Waals surface area contributed by atoms with Crippen molar-refractivity contribution in [1.82, 2.24) is 14.9 Å². The molecule has 0 radical (unpaired) electrons. The second kappa shape index (κ2) is 6.04. The SMILES string of the molecule is CCNc1cncc(C(=O)N2CCSC(C)C2)n1. The molecule has 98 valence electrons. The summed E-state index contributed by atoms with van der Waals surface area (Å²) in [7, 11) is 0. The molecule has 0 bridgehead atoms. The van der Waals surface area contributed by atoms with E-state index < -0.39 is 0 Å². The molecule has 0 aliphatic carbocycles. The van der Waals surface area contributed by atoms with Crippen LogP contribution in [0.25, 0.3) is 0 Å². The van der Waals surface area contributed by atoms with Crippen molar-refractivity contribution < 1.29 is 4.79 Å². The van der Waals surface area contributed by atoms with E-state index in [1.807, 2.05) is 23.6 Å². The van der Waals surface area contributed by atoms with E-state index in [2.05, 4.69) is 22.2 Å². The van der Waals surface area contributed by atoms with Gasteiger partial charge in [0.25, 0.3) is 5.91 Å². The number of anilines is 1. The van der Waals surface area contributed by atoms with Gasteiger partial charge in [0, 0.05) is 30.6 Å². The second-order valence-electron chi connectivity index (χ2n) is 4.25. The molecule has 1 amide bonds. The highest BCUT2D eigenvalue weighted by Crippen LogP contribution is 2.19. The van der Waals surface area contributed by atoms with Gasteiger partial charge in [0.05, 0.1) is 12.4 Å². The molecule has 0 aromatic carbocycles. The molecule has 1 atom stereocenters. The van der Waals surface area contributed by atoms with E-state index in [9.17, 15) is 4.79 Å². The summed E-state index contributed by atoms with van der Waals surface area (Å²) < 4.78 is 0. The summed E-state index contributed by atoms with van der Waals surface area (Å²) in [5.74, 6) is 1.63. The number of amides is 1. The highest BCUT2D eigenvalue weighted by Gasteiger charge is 2.23. The summed E-state index contributed by atoms with van der Waals surface area (Å²) in [6.45, 7) is 6.48. The van der Waals surface area contributed by atoms with Gasteiger partial charge in [-0.25, -0.2) is 4.98 Å². The fourth-order valence-electron chi connectivity index (χ4n) is 1.90. The van der Waals surface area contributed by atoms with Crippen molar-refractivity contribution in [2.75, 3.05) is 30.7 Å². The Morgan fingerprint density at radius 2 is 2.44 bits per heavy atom. The van der Waals surface area contributed by atoms with Crippen LogP contribution >= 0.6 is 11.8 Å². The van der Waals surface area contributed by atoms with E-state index in [4.69, 9.17) is 0 Å². The van der Waals surface area contributed by atoms with Gasteiger partial charge >= 0.3 is 0 Å². The van der Waals surface area contributed by atoms with E-state index in [1.165, 1.54) is 6.20 Å². The van der Waals surface area contributed by atoms with Crippen molar-refractivity contribution in [3.8, 4) is 0 Å². The van der Waals surface area contributed by atoms with Crippen LogP contribution in [0.4, 0.5) is 5.82 Å². The van der Waals surface area contributed by atoms with Gasteiger partial charge in [0.1, 0.15) is 11.5 Å². The first-order chi connectivity index (χ1) is 8.70. The van der Waals surface area contributed by atoms with Crippen LogP contribution in [0, 0.1) is 0 Å². The number of nitrogens with zero attached hydrogens (tertiary/aromatic N) is 3. The second-order valence-corrected chi connectivity index (χ2v) is 5.80. The van der Waals surface area contributed by atoms with Crippen LogP contribution in [0.2, 0.25) is 0 Å². The number of hydrogen-bond acceptors (Lipinski definition) is 5. The third-order valence-electron chi connectivity index (χ3n) is 2.74. The Balaban J connectivity index is 2.10. The third kappa shape index (κ3) is 3.13. The Morgan fingerprint density at radius 1 is 1.61 bits per heavy atom. The topological polar surface area (TPSA) is 58.1 Å². The van der Waals surface area contributed by atoms with Gasteiger partial charge in [-0.2, -0.15) is 11.8 Å². The number of aromatic nitrogens is 2. The van der Waals surface area contributed by atoms with Crippen molar-refractivity contribution in [2.45, 2.75) is 19.1 Å². The summed E-state index contributed by atoms with van der Waals surface area (Å²) in [4.78, 5) is 22.5. The first-order valence-corrected chi connectivity index (χ1v) is 7.22. The molecule has 6 heteroatoms. The Labute approximate surface area is 111 Å². The predicted octanol–water partition coefficient (Wildman–Crippen LogP) is 1.49. The van der Waals surface area contributed by atoms with Crippen LogP contribution in [-0.2, 0) is 0 Å². The standard InChI is InChI=1S/C12H18N4OS/c1-3-14-11-7-13-6-10(15-11)12(17)16-4-5-18-9(2)8-16/h6-7,9H,3-5,8H2,1-2H3,(H,14,15). The molecule has 1 fully saturated rings. The van der Waals surface area contributed by atoms with Crippen molar-refractivity contribution in [3.05, 3.63) is 18.1 Å². The monoisotopic (exact) mass is 266 g/mol. The van der Waals surface area contributed by atoms with Crippen molar-refractivity contribution >= 4 is 23.5 Å². The molecule has 1 unspecified atom stereocenters. The van der Waals surface area contributed by atoms with Crippen molar-refractivity contribution in [1.29, 1.82) is 0 Å². The minimum Gasteiger partial charge on any atom is -0.369 e. The van der Waals surface area contributed by atoms with Gasteiger partial charge < -0.3 is 10.2 Å². The molecule has 1 aliphatic rings. The number of nitrogens with one attached hydrogen (secondary N) is 1. The van der Waals surface area contributed by atoms with E-state index in [0.29, 0.717) is 16.8 Å². The van der Waals surface area contributed by atoms with Crippen LogP contribution in [0.3, 0.4) is 0 Å². The minimum absolute atomic E-state index is 0.0191. The quantitative estimate of drug-likeness (QED) is 0.898. The summed E-state index contributed by atoms with van der Waals surface area (Å²) in [6.07, 6.45) is 3.17. The Hall–Kier alpha value is -1.30. The van der Waals surface area contributed by atoms with E-state index >= 15 is 0 Å². The zero-order valence-electron chi connectivity index (χ0n) is 10.7. The van der Waals surface area contributed by atoms with Crippen LogP contribution in [-0.4, -0.2) is 51.4 Å². The molecule has 1 aromatic rings. The Kier molecular flexibility index (Phi) is 4.41. The average molecular weight is 266 g/mol. The number of hydrogen-bond donors (Lipinski definition) is 1. The molecule has 1 aliphatic heterocycles. The van der Waals surface area contributed by atoms with Crippen molar-refractivity contribution in [2.24, 2.45) is 0 Å². The van der Waals surface area contributed by atoms with E-state index in [1.54, 1.807) is 6.20 Å². The van der Waals surface area contributed by atoms with Gasteiger partial charge in [-0.15, -0.1) is 0 Å². The van der Waals surface area contributed by atoms with Crippen molar-refractivity contribution in [3.63, 3.8) is 0 Å². The molecule has 0 saturated carbocycles. The molecule has 1 aromatic heterocycles. The van der Waals surface area contributed by atoms with Gasteiger partial charge in [0.2, 0.25) is 0 Å². The molecule has 1 saturated heterocycles. The fourth-order valence-corrected chi connectivity index (χ4v) is 2.91. The normalized spacial score (nSPS) is 19.7. The molecule has 1 N–H and O–H groups in total. The maximum Gasteiger partial charge on any atom is 0.274 e. The lowest BCUT2D eigenvalue weighted by atomic mass is 10.3. The lowest BCUT2D eigenvalue weighted by Gasteiger charge is -2.30. The summed E-state index contributed by atoms with van der Waals surface area (Å²) in [6, 6.07) is 0. The number of carbonyl (C=O) groups is 1. The third-order valence-corrected chi connectivity index (χ3v) is 3.88. The molecular weight excluding hydrogens is 248 g/mol. The highest BCUT2D eigenvalue weighted by atomic mass is 32.2. The van der Waals surface area contributed by atoms with Gasteiger partial charge in [-0.1, -0.05) is 6.92 Å². The number of thioether (sulfide) groups is 1. The van der Waals surface area contributed by atoms with E-state index in [-0.39, 0.29) is 5.91 Å². The molecule has 0 spiro atoms. The maximum absolute atomic E-state index is 12.3. The van der Waals surface area contributed by atoms with Crippen LogP contribution in [0.15, 0.2) is 12.4 Å². The number of rotatable bonds is 3. The van der Waals surface area contributed by atoms with Crippen LogP contribution in [0.5, 0.6) is 0 Å². The molecule has 5 nitrogen and oxygen atoms in total. The fraction of sp³-hybridized carbons (Fsp3) is 0.583. The largest absolute Gasteiger partial charge is 0.369 e. The van der Waals surface area contributed by atoms with Crippen LogP contribution in [0.1, 0.15) is 24.3 Å². The number of carbonyl (C=O) groups excluding carboxylic acids is 1. The summed E-state index contributed by atoms with van der Waals surface area (Å²) in [5.41, 5.74) is 0.424. The first kappa shape index (κ1) is 13.1. The van der Waals surface area contributed by atoms with Crippen LogP contribution < -0.4 is 5.32 Å². The first-order valence-electron chi connectivity index (χ1n) is 6.17. The highest BCUT2D eigenvalue weighted by molar-refractivity contribution is 7.99. The minimum atomic E-state index is -0.0191. The molecule has 2 rings (SSSR count). The predicted molar refractivity (Wildman–Crippen MR) is 74.0 cm³/mol. The van der Waals surface area contributed by atoms with E-state index in [0.717, 1.165) is 25.4 Å². The maximum atomic E-state index is 12.3. The Bertz CT molecular complexity index is 426. The zero-order valence-corrected chi connectivity index (χ0v) is 11.5. The zero-order chi connectivity index (χ0) is 13.0. The summed E-state index contributed by atoms with van der Waals surface area (Å²) in [5, 5.41) is 3.56. The lowest BCUT2D eigenvalue weighted by Crippen LogP contribution is -2.41. The molecule has 2 heterocycles. The summed E-state index contributed by atoms with van der Waals surface area (Å²) >= 11 is 1.90. The average Bonchev–Trinajstić information content (AvgIpc) is 2.39. The lowest BCUT2D eigenvalue weighted by molar-refractivity contribution is 0.0757. The Morgan fingerprint density at radius 3 is 3.17 bits per heavy atom. The van der Waals surface area contributed by atoms with Gasteiger partial charge in [-0.3, -0.25) is 9.78 Å². The smallest absolute Gasteiger partial charge is 0.274 e. The molecule has 18 heavy (non-hydrogen) atoms. The molecular formula is C12H18N4OS. The van der Waals surface area contributed by atoms with Gasteiger partial charge in [0.15, 0.2) is 0 Å².